The van der Waals surface area contributed by atoms with Crippen molar-refractivity contribution in [3.05, 3.63) is 28.8 Å². The molecule has 1 aliphatic heterocycles. The summed E-state index contributed by atoms with van der Waals surface area (Å²) in [6, 6.07) is 5.40. The summed E-state index contributed by atoms with van der Waals surface area (Å²) in [6.07, 6.45) is 0.825. The topological polar surface area (TPSA) is 44.4 Å². The minimum atomic E-state index is -0.0540. The molecule has 0 aliphatic carbocycles. The molecule has 1 amide bonds. The molecule has 92 valence electrons. The minimum Gasteiger partial charge on any atom is -0.352 e. The van der Waals surface area contributed by atoms with E-state index in [1.54, 1.807) is 12.1 Å². The van der Waals surface area contributed by atoms with Crippen LogP contribution in [-0.4, -0.2) is 32.7 Å². The highest BCUT2D eigenvalue weighted by molar-refractivity contribution is 6.34. The lowest BCUT2D eigenvalue weighted by Gasteiger charge is -2.36. The highest BCUT2D eigenvalue weighted by Crippen LogP contribution is 2.33. The molecule has 0 aromatic heterocycles. The molecule has 5 heteroatoms. The largest absolute Gasteiger partial charge is 0.352 e. The summed E-state index contributed by atoms with van der Waals surface area (Å²) in [5.41, 5.74) is 1.46. The lowest BCUT2D eigenvalue weighted by molar-refractivity contribution is 0.0926. The second kappa shape index (κ2) is 4.94. The van der Waals surface area contributed by atoms with Gasteiger partial charge in [0.1, 0.15) is 6.17 Å². The predicted octanol–water partition coefficient (Wildman–Crippen LogP) is 1.46. The first-order valence-electron chi connectivity index (χ1n) is 5.62. The van der Waals surface area contributed by atoms with E-state index in [4.69, 9.17) is 11.6 Å². The molecule has 0 saturated carbocycles. The van der Waals surface area contributed by atoms with E-state index >= 15 is 0 Å². The average Bonchev–Trinajstić information content (AvgIpc) is 2.32. The summed E-state index contributed by atoms with van der Waals surface area (Å²) in [5.74, 6) is -0.0540. The zero-order valence-electron chi connectivity index (χ0n) is 9.96. The normalized spacial score (nSPS) is 18.9. The molecule has 1 atom stereocenters. The first-order chi connectivity index (χ1) is 8.15. The SMILES string of the molecule is CNCC[C@@H]1NC(=O)c2cccc(Cl)c2N1C. The smallest absolute Gasteiger partial charge is 0.255 e. The molecule has 0 spiro atoms. The molecule has 4 nitrogen and oxygen atoms in total. The van der Waals surface area contributed by atoms with Gasteiger partial charge in [-0.1, -0.05) is 17.7 Å². The Morgan fingerprint density at radius 3 is 3.00 bits per heavy atom. The Bertz CT molecular complexity index is 436. The number of amides is 1. The molecule has 0 radical (unpaired) electrons. The number of fused-ring (bicyclic) bond motifs is 1. The summed E-state index contributed by atoms with van der Waals surface area (Å²) in [5, 5.41) is 6.67. The molecule has 0 fully saturated rings. The van der Waals surface area contributed by atoms with Gasteiger partial charge in [0.05, 0.1) is 16.3 Å². The summed E-state index contributed by atoms with van der Waals surface area (Å²) >= 11 is 6.16. The van der Waals surface area contributed by atoms with Crippen molar-refractivity contribution in [3.63, 3.8) is 0 Å². The highest BCUT2D eigenvalue weighted by atomic mass is 35.5. The van der Waals surface area contributed by atoms with Crippen LogP contribution in [0.25, 0.3) is 0 Å². The van der Waals surface area contributed by atoms with E-state index in [0.717, 1.165) is 18.7 Å². The number of nitrogens with zero attached hydrogens (tertiary/aromatic N) is 1. The van der Waals surface area contributed by atoms with Crippen molar-refractivity contribution >= 4 is 23.2 Å². The van der Waals surface area contributed by atoms with Gasteiger partial charge in [0, 0.05) is 7.05 Å². The average molecular weight is 254 g/mol. The maximum absolute atomic E-state index is 11.9. The number of nitrogens with one attached hydrogen (secondary N) is 2. The van der Waals surface area contributed by atoms with Crippen LogP contribution in [-0.2, 0) is 0 Å². The van der Waals surface area contributed by atoms with Crippen LogP contribution in [0.4, 0.5) is 5.69 Å². The first-order valence-corrected chi connectivity index (χ1v) is 5.99. The summed E-state index contributed by atoms with van der Waals surface area (Å²) in [7, 11) is 3.84. The van der Waals surface area contributed by atoms with Crippen molar-refractivity contribution in [2.45, 2.75) is 12.6 Å². The number of carbonyl (C=O) groups is 1. The lowest BCUT2D eigenvalue weighted by atomic mass is 10.1. The Morgan fingerprint density at radius 1 is 1.53 bits per heavy atom. The van der Waals surface area contributed by atoms with Crippen LogP contribution in [0.2, 0.25) is 5.02 Å². The van der Waals surface area contributed by atoms with Crippen molar-refractivity contribution in [2.75, 3.05) is 25.5 Å². The van der Waals surface area contributed by atoms with Gasteiger partial charge >= 0.3 is 0 Å². The zero-order valence-corrected chi connectivity index (χ0v) is 10.7. The van der Waals surface area contributed by atoms with Gasteiger partial charge < -0.3 is 15.5 Å². The van der Waals surface area contributed by atoms with Gasteiger partial charge in [-0.15, -0.1) is 0 Å². The van der Waals surface area contributed by atoms with E-state index in [9.17, 15) is 4.79 Å². The van der Waals surface area contributed by atoms with E-state index in [1.807, 2.05) is 25.1 Å². The lowest BCUT2D eigenvalue weighted by Crippen LogP contribution is -2.52. The number of halogens is 1. The van der Waals surface area contributed by atoms with Crippen LogP contribution in [0.3, 0.4) is 0 Å². The Labute approximate surface area is 106 Å². The van der Waals surface area contributed by atoms with E-state index in [0.29, 0.717) is 10.6 Å². The third-order valence-electron chi connectivity index (χ3n) is 3.02. The van der Waals surface area contributed by atoms with Crippen LogP contribution in [0.1, 0.15) is 16.8 Å². The first kappa shape index (κ1) is 12.2. The second-order valence-corrected chi connectivity index (χ2v) is 4.54. The van der Waals surface area contributed by atoms with Gasteiger partial charge in [-0.05, 0) is 32.1 Å². The van der Waals surface area contributed by atoms with Crippen molar-refractivity contribution in [1.29, 1.82) is 0 Å². The maximum atomic E-state index is 11.9. The third kappa shape index (κ3) is 2.23. The van der Waals surface area contributed by atoms with Crippen molar-refractivity contribution in [2.24, 2.45) is 0 Å². The third-order valence-corrected chi connectivity index (χ3v) is 3.32. The van der Waals surface area contributed by atoms with E-state index in [-0.39, 0.29) is 12.1 Å². The Morgan fingerprint density at radius 2 is 2.29 bits per heavy atom. The Kier molecular flexibility index (Phi) is 3.54. The minimum absolute atomic E-state index is 0.0117. The molecule has 2 rings (SSSR count). The fraction of sp³-hybridized carbons (Fsp3) is 0.417. The van der Waals surface area contributed by atoms with E-state index in [1.165, 1.54) is 0 Å². The van der Waals surface area contributed by atoms with Gasteiger partial charge in [-0.3, -0.25) is 4.79 Å². The fourth-order valence-corrected chi connectivity index (χ4v) is 2.39. The zero-order chi connectivity index (χ0) is 12.4. The number of benzene rings is 1. The number of hydrogen-bond acceptors (Lipinski definition) is 3. The maximum Gasteiger partial charge on any atom is 0.255 e. The van der Waals surface area contributed by atoms with Gasteiger partial charge in [-0.2, -0.15) is 0 Å². The highest BCUT2D eigenvalue weighted by Gasteiger charge is 2.29. The molecule has 1 aromatic rings. The van der Waals surface area contributed by atoms with Crippen molar-refractivity contribution in [1.82, 2.24) is 10.6 Å². The summed E-state index contributed by atoms with van der Waals surface area (Å²) in [4.78, 5) is 14.0. The molecule has 0 unspecified atom stereocenters. The number of hydrogen-bond donors (Lipinski definition) is 2. The molecular formula is C12H16ClN3O. The predicted molar refractivity (Wildman–Crippen MR) is 69.7 cm³/mol. The number of anilines is 1. The molecule has 0 bridgehead atoms. The van der Waals surface area contributed by atoms with E-state index in [2.05, 4.69) is 10.6 Å². The molecule has 1 aromatic carbocycles. The monoisotopic (exact) mass is 253 g/mol. The van der Waals surface area contributed by atoms with Gasteiger partial charge in [-0.25, -0.2) is 0 Å². The molecule has 0 saturated heterocycles. The molecule has 1 heterocycles. The molecule has 17 heavy (non-hydrogen) atoms. The van der Waals surface area contributed by atoms with Crippen LogP contribution in [0.5, 0.6) is 0 Å². The molecule has 1 aliphatic rings. The number of rotatable bonds is 3. The molecule has 2 N–H and O–H groups in total. The Balaban J connectivity index is 2.33. The second-order valence-electron chi connectivity index (χ2n) is 4.13. The fourth-order valence-electron chi connectivity index (χ4n) is 2.09. The van der Waals surface area contributed by atoms with Crippen LogP contribution >= 0.6 is 11.6 Å². The summed E-state index contributed by atoms with van der Waals surface area (Å²) in [6.45, 7) is 0.842. The quantitative estimate of drug-likeness (QED) is 0.857. The van der Waals surface area contributed by atoms with Gasteiger partial charge in [0.2, 0.25) is 0 Å². The number of carbonyl (C=O) groups excluding carboxylic acids is 1. The van der Waals surface area contributed by atoms with Crippen molar-refractivity contribution in [3.8, 4) is 0 Å². The van der Waals surface area contributed by atoms with Crippen molar-refractivity contribution < 1.29 is 4.79 Å². The summed E-state index contributed by atoms with van der Waals surface area (Å²) < 4.78 is 0. The molecular weight excluding hydrogens is 238 g/mol. The van der Waals surface area contributed by atoms with Gasteiger partial charge in [0.15, 0.2) is 0 Å². The van der Waals surface area contributed by atoms with Crippen LogP contribution in [0, 0.1) is 0 Å². The number of para-hydroxylation sites is 1. The van der Waals surface area contributed by atoms with E-state index < -0.39 is 0 Å². The van der Waals surface area contributed by atoms with Crippen LogP contribution < -0.4 is 15.5 Å². The Hall–Kier alpha value is -1.26. The van der Waals surface area contributed by atoms with Crippen LogP contribution in [0.15, 0.2) is 18.2 Å². The standard InChI is InChI=1S/C12H16ClN3O/c1-14-7-6-10-15-12(17)8-4-3-5-9(13)11(8)16(10)2/h3-5,10,14H,6-7H2,1-2H3,(H,15,17)/t10-/m1/s1. The van der Waals surface area contributed by atoms with Gasteiger partial charge in [0.25, 0.3) is 5.91 Å².